The molecule has 1 unspecified atom stereocenters. The number of aryl methyl sites for hydroxylation is 1. The molecule has 1 aliphatic rings. The molecule has 0 saturated carbocycles. The highest BCUT2D eigenvalue weighted by Crippen LogP contribution is 2.30. The molecule has 0 saturated heterocycles. The molecule has 0 aliphatic carbocycles. The Hall–Kier alpha value is -4.46. The average molecular weight is 546 g/mol. The Morgan fingerprint density at radius 3 is 2.40 bits per heavy atom. The van der Waals surface area contributed by atoms with E-state index in [-0.39, 0.29) is 36.7 Å². The van der Waals surface area contributed by atoms with Crippen LogP contribution in [0, 0.1) is 12.8 Å². The highest BCUT2D eigenvalue weighted by molar-refractivity contribution is 5.93. The fourth-order valence-electron chi connectivity index (χ4n) is 4.64. The molecule has 1 atom stereocenters. The van der Waals surface area contributed by atoms with Gasteiger partial charge in [0.25, 0.3) is 0 Å². The van der Waals surface area contributed by atoms with E-state index in [2.05, 4.69) is 0 Å². The maximum absolute atomic E-state index is 13.5. The first-order chi connectivity index (χ1) is 19.2. The van der Waals surface area contributed by atoms with Crippen molar-refractivity contribution in [3.8, 4) is 11.5 Å². The summed E-state index contributed by atoms with van der Waals surface area (Å²) >= 11 is 0. The molecule has 1 amide bonds. The van der Waals surface area contributed by atoms with Crippen LogP contribution < -0.4 is 9.47 Å². The lowest BCUT2D eigenvalue weighted by Gasteiger charge is -2.24. The first-order valence-corrected chi connectivity index (χ1v) is 13.2. The molecule has 0 spiro atoms. The van der Waals surface area contributed by atoms with Gasteiger partial charge in [0.15, 0.2) is 0 Å². The van der Waals surface area contributed by atoms with Crippen LogP contribution in [0.4, 0.5) is 0 Å². The van der Waals surface area contributed by atoms with Crippen molar-refractivity contribution >= 4 is 11.9 Å². The summed E-state index contributed by atoms with van der Waals surface area (Å²) in [6.07, 6.45) is 1.96. The summed E-state index contributed by atoms with van der Waals surface area (Å²) < 4.78 is 22.6. The van der Waals surface area contributed by atoms with Gasteiger partial charge in [-0.1, -0.05) is 54.6 Å². The van der Waals surface area contributed by atoms with Crippen LogP contribution in [0.25, 0.3) is 0 Å². The Labute approximate surface area is 234 Å². The van der Waals surface area contributed by atoms with Crippen LogP contribution >= 0.6 is 0 Å². The maximum atomic E-state index is 13.5. The minimum Gasteiger partial charge on any atom is -0.491 e. The lowest BCUT2D eigenvalue weighted by Crippen LogP contribution is -2.34. The number of nitrogens with zero attached hydrogens (tertiary/aromatic N) is 1. The molecule has 3 aromatic carbocycles. The van der Waals surface area contributed by atoms with Gasteiger partial charge in [-0.3, -0.25) is 4.79 Å². The number of hydrogen-bond donors (Lipinski definition) is 1. The van der Waals surface area contributed by atoms with Crippen LogP contribution in [0.3, 0.4) is 0 Å². The zero-order chi connectivity index (χ0) is 28.6. The summed E-state index contributed by atoms with van der Waals surface area (Å²) in [7, 11) is 1.77. The summed E-state index contributed by atoms with van der Waals surface area (Å²) in [5.74, 6) is -0.314. The molecule has 0 radical (unpaired) electrons. The third-order valence-corrected chi connectivity index (χ3v) is 6.46. The molecule has 0 aromatic heterocycles. The summed E-state index contributed by atoms with van der Waals surface area (Å²) in [6.45, 7) is 6.18. The molecule has 1 heterocycles. The molecule has 1 N–H and O–H groups in total. The first-order valence-electron chi connectivity index (χ1n) is 13.2. The van der Waals surface area contributed by atoms with Gasteiger partial charge >= 0.3 is 5.97 Å². The van der Waals surface area contributed by atoms with Crippen molar-refractivity contribution in [3.63, 3.8) is 0 Å². The van der Waals surface area contributed by atoms with E-state index >= 15 is 0 Å². The van der Waals surface area contributed by atoms with Gasteiger partial charge in [0.1, 0.15) is 41.6 Å². The summed E-state index contributed by atoms with van der Waals surface area (Å²) in [5.41, 5.74) is 3.46. The number of hydrogen-bond acceptors (Lipinski definition) is 6. The molecule has 8 heteroatoms. The molecule has 0 bridgehead atoms. The van der Waals surface area contributed by atoms with Crippen molar-refractivity contribution in [2.45, 2.75) is 46.4 Å². The molecule has 40 heavy (non-hydrogen) atoms. The van der Waals surface area contributed by atoms with E-state index in [4.69, 9.17) is 18.9 Å². The number of carbonyl (C=O) groups is 2. The van der Waals surface area contributed by atoms with Crippen molar-refractivity contribution in [1.82, 2.24) is 4.90 Å². The predicted molar refractivity (Wildman–Crippen MR) is 150 cm³/mol. The number of carbonyl (C=O) groups excluding carboxylic acids is 1. The molecule has 210 valence electrons. The smallest absolute Gasteiger partial charge is 0.339 e. The number of ether oxygens (including phenoxy) is 4. The van der Waals surface area contributed by atoms with Gasteiger partial charge in [-0.15, -0.1) is 0 Å². The van der Waals surface area contributed by atoms with Crippen molar-refractivity contribution in [2.24, 2.45) is 5.92 Å². The second kappa shape index (κ2) is 13.1. The largest absolute Gasteiger partial charge is 0.491 e. The van der Waals surface area contributed by atoms with E-state index in [1.807, 2.05) is 68.4 Å². The minimum absolute atomic E-state index is 0.0596. The van der Waals surface area contributed by atoms with E-state index in [1.165, 1.54) is 6.26 Å². The quantitative estimate of drug-likeness (QED) is 0.311. The van der Waals surface area contributed by atoms with Gasteiger partial charge in [-0.2, -0.15) is 0 Å². The Balaban J connectivity index is 1.46. The normalized spacial score (nSPS) is 13.2. The van der Waals surface area contributed by atoms with Crippen molar-refractivity contribution in [3.05, 3.63) is 107 Å². The van der Waals surface area contributed by atoms with E-state index in [0.29, 0.717) is 30.0 Å². The first kappa shape index (κ1) is 28.5. The third-order valence-electron chi connectivity index (χ3n) is 6.46. The zero-order valence-corrected chi connectivity index (χ0v) is 23.3. The molecule has 4 rings (SSSR count). The van der Waals surface area contributed by atoms with E-state index in [1.54, 1.807) is 31.0 Å². The van der Waals surface area contributed by atoms with E-state index < -0.39 is 11.9 Å². The number of rotatable bonds is 12. The fourth-order valence-corrected chi connectivity index (χ4v) is 4.64. The standard InChI is InChI=1S/C32H35NO7/c1-21(2)40-26-13-22(3)30(32(35)36)28(16-26)38-18-25-12-8-11-24(14-25)17-33(4)31(34)27(29-19-37-20-39-29)15-23-9-6-5-7-10-23/h5-14,16,19,21,27H,15,17-18,20H2,1-4H3,(H,35,36). The molecular weight excluding hydrogens is 510 g/mol. The molecular formula is C32H35NO7. The Morgan fingerprint density at radius 2 is 1.73 bits per heavy atom. The van der Waals surface area contributed by atoms with Gasteiger partial charge in [-0.05, 0) is 55.5 Å². The van der Waals surface area contributed by atoms with Gasteiger partial charge < -0.3 is 29.0 Å². The lowest BCUT2D eigenvalue weighted by atomic mass is 9.96. The van der Waals surface area contributed by atoms with Crippen LogP contribution in [-0.4, -0.2) is 41.8 Å². The zero-order valence-electron chi connectivity index (χ0n) is 23.3. The topological polar surface area (TPSA) is 94.5 Å². The molecule has 0 fully saturated rings. The van der Waals surface area contributed by atoms with Gasteiger partial charge in [0, 0.05) is 19.7 Å². The van der Waals surface area contributed by atoms with Crippen LogP contribution in [0.5, 0.6) is 11.5 Å². The Kier molecular flexibility index (Phi) is 9.32. The Morgan fingerprint density at radius 1 is 1.00 bits per heavy atom. The summed E-state index contributed by atoms with van der Waals surface area (Å²) in [5, 5.41) is 9.75. The second-order valence-corrected chi connectivity index (χ2v) is 10.1. The second-order valence-electron chi connectivity index (χ2n) is 10.1. The van der Waals surface area contributed by atoms with Crippen molar-refractivity contribution in [1.29, 1.82) is 0 Å². The van der Waals surface area contributed by atoms with Gasteiger partial charge in [0.05, 0.1) is 6.10 Å². The number of amides is 1. The Bertz CT molecular complexity index is 1370. The van der Waals surface area contributed by atoms with E-state index in [9.17, 15) is 14.7 Å². The number of carboxylic acid groups (broad SMARTS) is 1. The van der Waals surface area contributed by atoms with Crippen molar-refractivity contribution < 1.29 is 33.6 Å². The highest BCUT2D eigenvalue weighted by Gasteiger charge is 2.30. The summed E-state index contributed by atoms with van der Waals surface area (Å²) in [4.78, 5) is 27.1. The predicted octanol–water partition coefficient (Wildman–Crippen LogP) is 5.72. The monoisotopic (exact) mass is 545 g/mol. The van der Waals surface area contributed by atoms with Crippen LogP contribution in [0.15, 0.2) is 78.8 Å². The van der Waals surface area contributed by atoms with Crippen molar-refractivity contribution in [2.75, 3.05) is 13.8 Å². The van der Waals surface area contributed by atoms with Crippen LogP contribution in [0.1, 0.15) is 46.5 Å². The number of benzene rings is 3. The molecule has 8 nitrogen and oxygen atoms in total. The molecule has 3 aromatic rings. The maximum Gasteiger partial charge on any atom is 0.339 e. The van der Waals surface area contributed by atoms with Gasteiger partial charge in [0.2, 0.25) is 12.7 Å². The average Bonchev–Trinajstić information content (AvgIpc) is 3.45. The highest BCUT2D eigenvalue weighted by atomic mass is 16.7. The van der Waals surface area contributed by atoms with Crippen LogP contribution in [0.2, 0.25) is 0 Å². The number of aromatic carboxylic acids is 1. The van der Waals surface area contributed by atoms with E-state index in [0.717, 1.165) is 16.7 Å². The fraction of sp³-hybridized carbons (Fsp3) is 0.312. The SMILES string of the molecule is Cc1cc(OC(C)C)cc(OCc2cccc(CN(C)C(=O)C(Cc3ccccc3)C3=COCO3)c2)c1C(=O)O. The third kappa shape index (κ3) is 7.34. The minimum atomic E-state index is -1.06. The number of carboxylic acids is 1. The summed E-state index contributed by atoms with van der Waals surface area (Å²) in [6, 6.07) is 20.8. The molecule has 1 aliphatic heterocycles. The van der Waals surface area contributed by atoms with Crippen LogP contribution in [-0.2, 0) is 33.8 Å². The van der Waals surface area contributed by atoms with Gasteiger partial charge in [-0.25, -0.2) is 4.79 Å². The lowest BCUT2D eigenvalue weighted by molar-refractivity contribution is -0.134.